The third-order valence-electron chi connectivity index (χ3n) is 2.37. The van der Waals surface area contributed by atoms with Crippen molar-refractivity contribution in [2.75, 3.05) is 0 Å². The first-order valence-corrected chi connectivity index (χ1v) is 16.1. The van der Waals surface area contributed by atoms with E-state index >= 15 is 0 Å². The molecule has 0 aliphatic rings. The van der Waals surface area contributed by atoms with E-state index in [4.69, 9.17) is 19.8 Å². The molecule has 1 aromatic rings. The molecular weight excluding hydrogens is 308 g/mol. The molecule has 0 N–H and O–H groups in total. The van der Waals surface area contributed by atoms with E-state index < -0.39 is 25.2 Å². The van der Waals surface area contributed by atoms with Gasteiger partial charge in [0.05, 0.1) is 0 Å². The lowest BCUT2D eigenvalue weighted by Crippen LogP contribution is -2.60. The highest BCUT2D eigenvalue weighted by atomic mass is 35.5. The Balaban J connectivity index is 3.14. The summed E-state index contributed by atoms with van der Waals surface area (Å²) in [7, 11) is -5.68. The SMILES string of the molecule is C[Si](C)(C)O[Si](C)(O[Si](C)(C)C)c1ccc(Cl)cc1. The summed E-state index contributed by atoms with van der Waals surface area (Å²) in [6.45, 7) is 15.4. The second kappa shape index (κ2) is 5.83. The average molecular weight is 333 g/mol. The molecule has 0 spiro atoms. The molecule has 2 nitrogen and oxygen atoms in total. The van der Waals surface area contributed by atoms with Gasteiger partial charge in [0, 0.05) is 5.02 Å². The average Bonchev–Trinajstić information content (AvgIpc) is 2.11. The smallest absolute Gasteiger partial charge is 0.348 e. The third-order valence-corrected chi connectivity index (χ3v) is 12.0. The van der Waals surface area contributed by atoms with Crippen LogP contribution in [0.25, 0.3) is 0 Å². The molecule has 1 rings (SSSR count). The molecule has 0 fully saturated rings. The molecule has 0 unspecified atom stereocenters. The van der Waals surface area contributed by atoms with Gasteiger partial charge in [-0.05, 0) is 63.1 Å². The van der Waals surface area contributed by atoms with Gasteiger partial charge in [0.1, 0.15) is 0 Å². The fraction of sp³-hybridized carbons (Fsp3) is 0.538. The van der Waals surface area contributed by atoms with E-state index in [1.54, 1.807) is 0 Å². The number of hydrogen-bond donors (Lipinski definition) is 0. The van der Waals surface area contributed by atoms with Crippen molar-refractivity contribution in [2.45, 2.75) is 45.8 Å². The van der Waals surface area contributed by atoms with Crippen LogP contribution in [0, 0.1) is 0 Å². The maximum absolute atomic E-state index is 6.47. The zero-order valence-corrected chi connectivity index (χ0v) is 16.8. The minimum absolute atomic E-state index is 0.751. The van der Waals surface area contributed by atoms with Crippen LogP contribution in [0.1, 0.15) is 0 Å². The Hall–Kier alpha value is 0.0806. The number of hydrogen-bond acceptors (Lipinski definition) is 2. The highest BCUT2D eigenvalue weighted by Crippen LogP contribution is 2.21. The largest absolute Gasteiger partial charge is 0.433 e. The Morgan fingerprint density at radius 2 is 1.11 bits per heavy atom. The van der Waals surface area contributed by atoms with Crippen molar-refractivity contribution >= 4 is 42.0 Å². The van der Waals surface area contributed by atoms with Crippen LogP contribution in [0.2, 0.25) is 50.9 Å². The number of rotatable bonds is 5. The Bertz CT molecular complexity index is 405. The van der Waals surface area contributed by atoms with Crippen molar-refractivity contribution in [3.63, 3.8) is 0 Å². The summed E-state index contributed by atoms with van der Waals surface area (Å²) >= 11 is 5.98. The summed E-state index contributed by atoms with van der Waals surface area (Å²) in [5.41, 5.74) is 0. The second-order valence-corrected chi connectivity index (χ2v) is 19.9. The molecule has 0 bridgehead atoms. The fourth-order valence-corrected chi connectivity index (χ4v) is 13.8. The molecule has 0 aromatic heterocycles. The standard InChI is InChI=1S/C13H25ClO2Si3/c1-17(2,3)15-19(7,16-18(4,5)6)13-10-8-12(14)9-11-13/h8-11H,1-7H3. The Morgan fingerprint density at radius 3 is 1.42 bits per heavy atom. The monoisotopic (exact) mass is 332 g/mol. The molecule has 0 saturated carbocycles. The molecule has 0 radical (unpaired) electrons. The molecule has 1 aromatic carbocycles. The van der Waals surface area contributed by atoms with Crippen LogP contribution in [0.4, 0.5) is 0 Å². The van der Waals surface area contributed by atoms with Gasteiger partial charge >= 0.3 is 8.56 Å². The van der Waals surface area contributed by atoms with Crippen molar-refractivity contribution in [3.05, 3.63) is 29.3 Å². The molecular formula is C13H25ClO2Si3. The van der Waals surface area contributed by atoms with Crippen LogP contribution >= 0.6 is 11.6 Å². The highest BCUT2D eigenvalue weighted by Gasteiger charge is 2.42. The van der Waals surface area contributed by atoms with Gasteiger partial charge in [0.15, 0.2) is 16.6 Å². The molecule has 0 aliphatic heterocycles. The first-order chi connectivity index (χ1) is 8.41. The molecule has 0 atom stereocenters. The van der Waals surface area contributed by atoms with Gasteiger partial charge in [-0.15, -0.1) is 0 Å². The lowest BCUT2D eigenvalue weighted by Gasteiger charge is -2.38. The van der Waals surface area contributed by atoms with Crippen molar-refractivity contribution in [1.82, 2.24) is 0 Å². The summed E-state index contributed by atoms with van der Waals surface area (Å²) in [5, 5.41) is 1.92. The van der Waals surface area contributed by atoms with E-state index in [-0.39, 0.29) is 0 Å². The first-order valence-electron chi connectivity index (χ1n) is 6.58. The second-order valence-electron chi connectivity index (χ2n) is 6.88. The molecule has 19 heavy (non-hydrogen) atoms. The minimum atomic E-state index is -2.35. The van der Waals surface area contributed by atoms with Crippen molar-refractivity contribution < 1.29 is 8.23 Å². The first kappa shape index (κ1) is 17.1. The highest BCUT2D eigenvalue weighted by molar-refractivity contribution is 6.94. The van der Waals surface area contributed by atoms with E-state index in [1.807, 2.05) is 12.1 Å². The normalized spacial score (nSPS) is 13.7. The van der Waals surface area contributed by atoms with E-state index in [0.29, 0.717) is 0 Å². The summed E-state index contributed by atoms with van der Waals surface area (Å²) in [6, 6.07) is 7.94. The fourth-order valence-electron chi connectivity index (χ4n) is 2.06. The summed E-state index contributed by atoms with van der Waals surface area (Å²) < 4.78 is 12.9. The zero-order valence-electron chi connectivity index (χ0n) is 13.0. The maximum atomic E-state index is 6.47. The third kappa shape index (κ3) is 5.93. The summed E-state index contributed by atoms with van der Waals surface area (Å²) in [4.78, 5) is 0. The van der Waals surface area contributed by atoms with Gasteiger partial charge in [-0.1, -0.05) is 23.7 Å². The predicted molar refractivity (Wildman–Crippen MR) is 91.6 cm³/mol. The van der Waals surface area contributed by atoms with Gasteiger partial charge in [-0.25, -0.2) is 0 Å². The molecule has 0 saturated heterocycles. The van der Waals surface area contributed by atoms with Crippen molar-refractivity contribution in [2.24, 2.45) is 0 Å². The topological polar surface area (TPSA) is 18.5 Å². The zero-order chi connectivity index (χ0) is 14.9. The van der Waals surface area contributed by atoms with Gasteiger partial charge in [-0.2, -0.15) is 0 Å². The van der Waals surface area contributed by atoms with E-state index in [9.17, 15) is 0 Å². The molecule has 108 valence electrons. The lowest BCUT2D eigenvalue weighted by atomic mass is 10.4. The molecule has 0 heterocycles. The minimum Gasteiger partial charge on any atom is -0.433 e. The van der Waals surface area contributed by atoms with Crippen molar-refractivity contribution in [1.29, 1.82) is 0 Å². The van der Waals surface area contributed by atoms with E-state index in [0.717, 1.165) is 5.02 Å². The van der Waals surface area contributed by atoms with Crippen LogP contribution in [0.15, 0.2) is 24.3 Å². The van der Waals surface area contributed by atoms with Crippen molar-refractivity contribution in [3.8, 4) is 0 Å². The maximum Gasteiger partial charge on any atom is 0.348 e. The van der Waals surface area contributed by atoms with Gasteiger partial charge < -0.3 is 8.23 Å². The number of benzene rings is 1. The molecule has 0 amide bonds. The predicted octanol–water partition coefficient (Wildman–Crippen LogP) is 4.32. The lowest BCUT2D eigenvalue weighted by molar-refractivity contribution is 0.404. The van der Waals surface area contributed by atoms with Crippen LogP contribution in [-0.4, -0.2) is 25.2 Å². The van der Waals surface area contributed by atoms with Gasteiger partial charge in [-0.3, -0.25) is 0 Å². The number of halogens is 1. The van der Waals surface area contributed by atoms with Crippen LogP contribution < -0.4 is 5.19 Å². The summed E-state index contributed by atoms with van der Waals surface area (Å²) in [5.74, 6) is 0. The summed E-state index contributed by atoms with van der Waals surface area (Å²) in [6.07, 6.45) is 0. The van der Waals surface area contributed by atoms with Crippen LogP contribution in [0.3, 0.4) is 0 Å². The Morgan fingerprint density at radius 1 is 0.737 bits per heavy atom. The quantitative estimate of drug-likeness (QED) is 0.747. The van der Waals surface area contributed by atoms with Gasteiger partial charge in [0.2, 0.25) is 0 Å². The van der Waals surface area contributed by atoms with Crippen LogP contribution in [-0.2, 0) is 8.23 Å². The van der Waals surface area contributed by atoms with E-state index in [2.05, 4.69) is 58.0 Å². The molecule has 0 aliphatic carbocycles. The Kier molecular flexibility index (Phi) is 5.26. The van der Waals surface area contributed by atoms with Gasteiger partial charge in [0.25, 0.3) is 0 Å². The Labute approximate surface area is 125 Å². The van der Waals surface area contributed by atoms with E-state index in [1.165, 1.54) is 5.19 Å². The molecule has 6 heteroatoms. The van der Waals surface area contributed by atoms with Crippen LogP contribution in [0.5, 0.6) is 0 Å².